The van der Waals surface area contributed by atoms with Gasteiger partial charge in [0.25, 0.3) is 10.0 Å². The molecule has 0 spiro atoms. The number of carbonyl (C=O) groups excluding carboxylic acids is 1. The maximum Gasteiger partial charge on any atom is 0.338 e. The SMILES string of the molecule is O=C1OCc2ccc(NS(=O)(=O)c3c[nH]c4cc(Cl)ccc34)cc21. The molecular formula is C16H11ClN2O4S. The zero-order valence-corrected chi connectivity index (χ0v) is 13.7. The van der Waals surface area contributed by atoms with Gasteiger partial charge in [0.15, 0.2) is 0 Å². The number of nitrogens with one attached hydrogen (secondary N) is 2. The zero-order chi connectivity index (χ0) is 16.9. The first kappa shape index (κ1) is 15.0. The summed E-state index contributed by atoms with van der Waals surface area (Å²) in [6.45, 7) is 0.213. The van der Waals surface area contributed by atoms with E-state index in [0.29, 0.717) is 27.2 Å². The molecule has 0 saturated carbocycles. The number of halogens is 1. The molecule has 122 valence electrons. The number of cyclic esters (lactones) is 1. The molecule has 1 aromatic heterocycles. The highest BCUT2D eigenvalue weighted by atomic mass is 35.5. The van der Waals surface area contributed by atoms with Crippen molar-refractivity contribution in [3.63, 3.8) is 0 Å². The molecule has 0 amide bonds. The van der Waals surface area contributed by atoms with Gasteiger partial charge < -0.3 is 9.72 Å². The molecule has 0 bridgehead atoms. The first-order valence-electron chi connectivity index (χ1n) is 7.03. The normalized spacial score (nSPS) is 13.8. The van der Waals surface area contributed by atoms with Crippen LogP contribution in [0.5, 0.6) is 0 Å². The summed E-state index contributed by atoms with van der Waals surface area (Å²) in [7, 11) is -3.82. The number of ether oxygens (including phenoxy) is 1. The van der Waals surface area contributed by atoms with Gasteiger partial charge in [-0.1, -0.05) is 17.7 Å². The molecule has 24 heavy (non-hydrogen) atoms. The summed E-state index contributed by atoms with van der Waals surface area (Å²) in [5.41, 5.74) is 2.04. The van der Waals surface area contributed by atoms with Crippen LogP contribution in [0.15, 0.2) is 47.5 Å². The van der Waals surface area contributed by atoms with Crippen molar-refractivity contribution in [2.75, 3.05) is 4.72 Å². The molecule has 0 unspecified atom stereocenters. The third-order valence-electron chi connectivity index (χ3n) is 3.84. The number of aromatic amines is 1. The zero-order valence-electron chi connectivity index (χ0n) is 12.2. The lowest BCUT2D eigenvalue weighted by Gasteiger charge is -2.08. The number of sulfonamides is 1. The fraction of sp³-hybridized carbons (Fsp3) is 0.0625. The maximum absolute atomic E-state index is 12.7. The van der Waals surface area contributed by atoms with Gasteiger partial charge in [0.2, 0.25) is 0 Å². The number of carbonyl (C=O) groups is 1. The minimum atomic E-state index is -3.82. The molecule has 0 aliphatic carbocycles. The summed E-state index contributed by atoms with van der Waals surface area (Å²) in [6.07, 6.45) is 1.41. The van der Waals surface area contributed by atoms with Crippen LogP contribution in [-0.2, 0) is 21.4 Å². The van der Waals surface area contributed by atoms with Gasteiger partial charge >= 0.3 is 5.97 Å². The lowest BCUT2D eigenvalue weighted by Crippen LogP contribution is -2.13. The number of hydrogen-bond acceptors (Lipinski definition) is 4. The summed E-state index contributed by atoms with van der Waals surface area (Å²) in [5, 5.41) is 1.05. The Bertz CT molecular complexity index is 1090. The van der Waals surface area contributed by atoms with Crippen LogP contribution in [-0.4, -0.2) is 19.4 Å². The number of esters is 1. The third kappa shape index (κ3) is 2.42. The summed E-state index contributed by atoms with van der Waals surface area (Å²) in [6, 6.07) is 9.68. The van der Waals surface area contributed by atoms with Crippen LogP contribution >= 0.6 is 11.6 Å². The van der Waals surface area contributed by atoms with Crippen LogP contribution < -0.4 is 4.72 Å². The number of H-pyrrole nitrogens is 1. The summed E-state index contributed by atoms with van der Waals surface area (Å²) >= 11 is 5.91. The molecule has 1 aliphatic heterocycles. The van der Waals surface area contributed by atoms with Crippen molar-refractivity contribution in [3.8, 4) is 0 Å². The van der Waals surface area contributed by atoms with Crippen LogP contribution in [0.1, 0.15) is 15.9 Å². The van der Waals surface area contributed by atoms with E-state index in [0.717, 1.165) is 5.56 Å². The molecule has 0 saturated heterocycles. The number of rotatable bonds is 3. The number of fused-ring (bicyclic) bond motifs is 2. The number of hydrogen-bond donors (Lipinski definition) is 2. The van der Waals surface area contributed by atoms with Crippen LogP contribution in [0.3, 0.4) is 0 Å². The van der Waals surface area contributed by atoms with Gasteiger partial charge in [0, 0.05) is 33.4 Å². The summed E-state index contributed by atoms with van der Waals surface area (Å²) in [4.78, 5) is 14.6. The standard InChI is InChI=1S/C16H11ClN2O4S/c17-10-2-4-12-14(5-10)18-7-15(12)24(21,22)19-11-3-1-9-8-23-16(20)13(9)6-11/h1-7,18-19H,8H2. The Morgan fingerprint density at radius 2 is 2.00 bits per heavy atom. The second-order valence-electron chi connectivity index (χ2n) is 5.40. The molecule has 0 radical (unpaired) electrons. The van der Waals surface area contributed by atoms with E-state index < -0.39 is 16.0 Å². The molecular weight excluding hydrogens is 352 g/mol. The largest absolute Gasteiger partial charge is 0.457 e. The van der Waals surface area contributed by atoms with Crippen LogP contribution in [0.25, 0.3) is 10.9 Å². The Kier molecular flexibility index (Phi) is 3.29. The van der Waals surface area contributed by atoms with Gasteiger partial charge in [-0.05, 0) is 30.3 Å². The Balaban J connectivity index is 1.73. The molecule has 8 heteroatoms. The van der Waals surface area contributed by atoms with Gasteiger partial charge in [0.05, 0.1) is 5.56 Å². The average molecular weight is 363 g/mol. The van der Waals surface area contributed by atoms with E-state index >= 15 is 0 Å². The van der Waals surface area contributed by atoms with E-state index in [1.54, 1.807) is 30.3 Å². The molecule has 6 nitrogen and oxygen atoms in total. The lowest BCUT2D eigenvalue weighted by molar-refractivity contribution is 0.0535. The monoisotopic (exact) mass is 362 g/mol. The number of anilines is 1. The fourth-order valence-electron chi connectivity index (χ4n) is 2.68. The van der Waals surface area contributed by atoms with E-state index in [1.165, 1.54) is 12.3 Å². The lowest BCUT2D eigenvalue weighted by atomic mass is 10.1. The Hall–Kier alpha value is -2.51. The van der Waals surface area contributed by atoms with Crippen LogP contribution in [0.4, 0.5) is 5.69 Å². The number of aromatic nitrogens is 1. The molecule has 0 fully saturated rings. The van der Waals surface area contributed by atoms with Crippen LogP contribution in [0.2, 0.25) is 5.02 Å². The van der Waals surface area contributed by atoms with Crippen molar-refractivity contribution < 1.29 is 17.9 Å². The number of benzene rings is 2. The van der Waals surface area contributed by atoms with Crippen molar-refractivity contribution in [3.05, 3.63) is 58.7 Å². The third-order valence-corrected chi connectivity index (χ3v) is 5.49. The van der Waals surface area contributed by atoms with E-state index in [4.69, 9.17) is 16.3 Å². The van der Waals surface area contributed by atoms with E-state index in [-0.39, 0.29) is 11.5 Å². The minimum absolute atomic E-state index is 0.109. The molecule has 2 aromatic carbocycles. The fourth-order valence-corrected chi connectivity index (χ4v) is 4.08. The molecule has 2 heterocycles. The minimum Gasteiger partial charge on any atom is -0.457 e. The van der Waals surface area contributed by atoms with E-state index in [1.807, 2.05) is 0 Å². The highest BCUT2D eigenvalue weighted by molar-refractivity contribution is 7.93. The second-order valence-corrected chi connectivity index (χ2v) is 7.48. The van der Waals surface area contributed by atoms with Gasteiger partial charge in [-0.2, -0.15) is 0 Å². The topological polar surface area (TPSA) is 88.3 Å². The van der Waals surface area contributed by atoms with Gasteiger partial charge in [-0.15, -0.1) is 0 Å². The van der Waals surface area contributed by atoms with Crippen molar-refractivity contribution in [1.29, 1.82) is 0 Å². The Morgan fingerprint density at radius 1 is 1.17 bits per heavy atom. The molecule has 0 atom stereocenters. The molecule has 4 rings (SSSR count). The predicted octanol–water partition coefficient (Wildman–Crippen LogP) is 3.29. The smallest absolute Gasteiger partial charge is 0.338 e. The van der Waals surface area contributed by atoms with Gasteiger partial charge in [-0.25, -0.2) is 13.2 Å². The predicted molar refractivity (Wildman–Crippen MR) is 89.7 cm³/mol. The first-order chi connectivity index (χ1) is 11.4. The van der Waals surface area contributed by atoms with Crippen LogP contribution in [0, 0.1) is 0 Å². The highest BCUT2D eigenvalue weighted by Gasteiger charge is 2.23. The van der Waals surface area contributed by atoms with E-state index in [2.05, 4.69) is 9.71 Å². The Labute approximate surface area is 142 Å². The maximum atomic E-state index is 12.7. The van der Waals surface area contributed by atoms with Gasteiger partial charge in [0.1, 0.15) is 11.5 Å². The summed E-state index contributed by atoms with van der Waals surface area (Å²) < 4.78 is 32.7. The van der Waals surface area contributed by atoms with Crippen molar-refractivity contribution in [2.24, 2.45) is 0 Å². The second kappa shape index (κ2) is 5.25. The van der Waals surface area contributed by atoms with Crippen molar-refractivity contribution >= 4 is 44.2 Å². The Morgan fingerprint density at radius 3 is 2.83 bits per heavy atom. The van der Waals surface area contributed by atoms with Crippen molar-refractivity contribution in [1.82, 2.24) is 4.98 Å². The average Bonchev–Trinajstić information content (AvgIpc) is 3.11. The highest BCUT2D eigenvalue weighted by Crippen LogP contribution is 2.28. The van der Waals surface area contributed by atoms with Crippen molar-refractivity contribution in [2.45, 2.75) is 11.5 Å². The molecule has 1 aliphatic rings. The quantitative estimate of drug-likeness (QED) is 0.700. The van der Waals surface area contributed by atoms with E-state index in [9.17, 15) is 13.2 Å². The first-order valence-corrected chi connectivity index (χ1v) is 8.90. The molecule has 3 aromatic rings. The van der Waals surface area contributed by atoms with Gasteiger partial charge in [-0.3, -0.25) is 4.72 Å². The summed E-state index contributed by atoms with van der Waals surface area (Å²) in [5.74, 6) is -0.451. The molecule has 2 N–H and O–H groups in total.